The number of fused-ring (bicyclic) bond motifs is 1. The molecule has 1 aromatic carbocycles. The van der Waals surface area contributed by atoms with E-state index in [0.717, 1.165) is 22.5 Å². The van der Waals surface area contributed by atoms with Gasteiger partial charge in [0.1, 0.15) is 4.88 Å². The zero-order valence-electron chi connectivity index (χ0n) is 11.7. The largest absolute Gasteiger partial charge is 0.397 e. The number of thiophene rings is 1. The van der Waals surface area contributed by atoms with Crippen LogP contribution in [0.2, 0.25) is 0 Å². The molecule has 1 aliphatic rings. The van der Waals surface area contributed by atoms with Gasteiger partial charge in [0, 0.05) is 16.6 Å². The SMILES string of the molecule is CC1CCC(CNC(=O)c2sc3ccccc3c2N)C1. The van der Waals surface area contributed by atoms with Crippen molar-refractivity contribution in [1.29, 1.82) is 0 Å². The Balaban J connectivity index is 1.71. The highest BCUT2D eigenvalue weighted by molar-refractivity contribution is 7.21. The first-order valence-corrected chi connectivity index (χ1v) is 8.02. The molecule has 3 rings (SSSR count). The summed E-state index contributed by atoms with van der Waals surface area (Å²) in [6.07, 6.45) is 3.73. The van der Waals surface area contributed by atoms with Gasteiger partial charge in [-0.2, -0.15) is 0 Å². The predicted octanol–water partition coefficient (Wildman–Crippen LogP) is 3.65. The summed E-state index contributed by atoms with van der Waals surface area (Å²) in [4.78, 5) is 12.9. The van der Waals surface area contributed by atoms with Gasteiger partial charge in [-0.05, 0) is 30.7 Å². The molecule has 106 valence electrons. The highest BCUT2D eigenvalue weighted by atomic mass is 32.1. The molecule has 2 atom stereocenters. The Labute approximate surface area is 123 Å². The number of nitrogen functional groups attached to an aromatic ring is 1. The van der Waals surface area contributed by atoms with Gasteiger partial charge >= 0.3 is 0 Å². The quantitative estimate of drug-likeness (QED) is 0.905. The molecular formula is C16H20N2OS. The van der Waals surface area contributed by atoms with Crippen LogP contribution in [0, 0.1) is 11.8 Å². The summed E-state index contributed by atoms with van der Waals surface area (Å²) < 4.78 is 1.07. The van der Waals surface area contributed by atoms with Crippen LogP contribution in [0.15, 0.2) is 24.3 Å². The van der Waals surface area contributed by atoms with Crippen molar-refractivity contribution in [3.63, 3.8) is 0 Å². The normalized spacial score (nSPS) is 22.2. The van der Waals surface area contributed by atoms with Gasteiger partial charge in [0.15, 0.2) is 0 Å². The van der Waals surface area contributed by atoms with Gasteiger partial charge in [0.25, 0.3) is 5.91 Å². The zero-order valence-corrected chi connectivity index (χ0v) is 12.5. The molecule has 3 nitrogen and oxygen atoms in total. The van der Waals surface area contributed by atoms with Crippen molar-refractivity contribution < 1.29 is 4.79 Å². The van der Waals surface area contributed by atoms with E-state index in [4.69, 9.17) is 5.73 Å². The lowest BCUT2D eigenvalue weighted by Crippen LogP contribution is -2.28. The van der Waals surface area contributed by atoms with Gasteiger partial charge in [0.05, 0.1) is 5.69 Å². The Morgan fingerprint density at radius 2 is 2.20 bits per heavy atom. The third-order valence-corrected chi connectivity index (χ3v) is 5.38. The molecule has 2 unspecified atom stereocenters. The maximum Gasteiger partial charge on any atom is 0.263 e. The van der Waals surface area contributed by atoms with Crippen LogP contribution in [-0.4, -0.2) is 12.5 Å². The number of carbonyl (C=O) groups is 1. The fourth-order valence-corrected chi connectivity index (χ4v) is 4.10. The summed E-state index contributed by atoms with van der Waals surface area (Å²) in [7, 11) is 0. The molecule has 2 aromatic rings. The standard InChI is InChI=1S/C16H20N2OS/c1-10-6-7-11(8-10)9-18-16(19)15-14(17)12-4-2-3-5-13(12)20-15/h2-5,10-11H,6-9,17H2,1H3,(H,18,19). The lowest BCUT2D eigenvalue weighted by Gasteiger charge is -2.10. The Morgan fingerprint density at radius 3 is 2.90 bits per heavy atom. The first-order chi connectivity index (χ1) is 9.65. The van der Waals surface area contributed by atoms with Crippen molar-refractivity contribution in [3.8, 4) is 0 Å². The van der Waals surface area contributed by atoms with Gasteiger partial charge < -0.3 is 11.1 Å². The number of carbonyl (C=O) groups excluding carboxylic acids is 1. The van der Waals surface area contributed by atoms with E-state index in [-0.39, 0.29) is 5.91 Å². The molecule has 1 saturated carbocycles. The lowest BCUT2D eigenvalue weighted by molar-refractivity contribution is 0.0952. The molecule has 0 radical (unpaired) electrons. The van der Waals surface area contributed by atoms with Crippen LogP contribution in [0.1, 0.15) is 35.9 Å². The summed E-state index contributed by atoms with van der Waals surface area (Å²) in [5.41, 5.74) is 6.71. The molecular weight excluding hydrogens is 268 g/mol. The molecule has 0 bridgehead atoms. The summed E-state index contributed by atoms with van der Waals surface area (Å²) in [6.45, 7) is 3.06. The van der Waals surface area contributed by atoms with E-state index in [0.29, 0.717) is 16.5 Å². The van der Waals surface area contributed by atoms with E-state index in [1.165, 1.54) is 30.6 Å². The Morgan fingerprint density at radius 1 is 1.40 bits per heavy atom. The number of nitrogens with one attached hydrogen (secondary N) is 1. The van der Waals surface area contributed by atoms with Crippen LogP contribution in [-0.2, 0) is 0 Å². The van der Waals surface area contributed by atoms with Crippen LogP contribution in [0.3, 0.4) is 0 Å². The molecule has 0 spiro atoms. The number of hydrogen-bond acceptors (Lipinski definition) is 3. The molecule has 1 aromatic heterocycles. The van der Waals surface area contributed by atoms with Crippen molar-refractivity contribution in [2.75, 3.05) is 12.3 Å². The fraction of sp³-hybridized carbons (Fsp3) is 0.438. The van der Waals surface area contributed by atoms with E-state index in [1.807, 2.05) is 24.3 Å². The topological polar surface area (TPSA) is 55.1 Å². The minimum absolute atomic E-state index is 0.0248. The van der Waals surface area contributed by atoms with Crippen molar-refractivity contribution in [2.24, 2.45) is 11.8 Å². The Kier molecular flexibility index (Phi) is 3.66. The minimum Gasteiger partial charge on any atom is -0.397 e. The average molecular weight is 288 g/mol. The summed E-state index contributed by atoms with van der Waals surface area (Å²) >= 11 is 1.48. The van der Waals surface area contributed by atoms with Crippen LogP contribution in [0.25, 0.3) is 10.1 Å². The maximum absolute atomic E-state index is 12.3. The lowest BCUT2D eigenvalue weighted by atomic mass is 10.1. The molecule has 0 saturated heterocycles. The average Bonchev–Trinajstić information content (AvgIpc) is 3.01. The van der Waals surface area contributed by atoms with Crippen molar-refractivity contribution in [1.82, 2.24) is 5.32 Å². The Hall–Kier alpha value is -1.55. The van der Waals surface area contributed by atoms with Crippen molar-refractivity contribution in [2.45, 2.75) is 26.2 Å². The van der Waals surface area contributed by atoms with Crippen molar-refractivity contribution in [3.05, 3.63) is 29.1 Å². The smallest absolute Gasteiger partial charge is 0.263 e. The van der Waals surface area contributed by atoms with E-state index < -0.39 is 0 Å². The number of anilines is 1. The number of amides is 1. The highest BCUT2D eigenvalue weighted by Gasteiger charge is 2.23. The van der Waals surface area contributed by atoms with Gasteiger partial charge in [-0.1, -0.05) is 31.5 Å². The second-order valence-electron chi connectivity index (χ2n) is 5.84. The molecule has 0 aliphatic heterocycles. The summed E-state index contributed by atoms with van der Waals surface area (Å²) in [6, 6.07) is 7.90. The third kappa shape index (κ3) is 2.52. The predicted molar refractivity (Wildman–Crippen MR) is 85.1 cm³/mol. The van der Waals surface area contributed by atoms with Crippen LogP contribution < -0.4 is 11.1 Å². The second kappa shape index (κ2) is 5.44. The van der Waals surface area contributed by atoms with E-state index in [2.05, 4.69) is 12.2 Å². The Bertz CT molecular complexity index is 634. The summed E-state index contributed by atoms with van der Waals surface area (Å²) in [5.74, 6) is 1.40. The fourth-order valence-electron chi connectivity index (χ4n) is 3.06. The zero-order chi connectivity index (χ0) is 14.1. The first-order valence-electron chi connectivity index (χ1n) is 7.20. The van der Waals surface area contributed by atoms with Crippen LogP contribution in [0.5, 0.6) is 0 Å². The summed E-state index contributed by atoms with van der Waals surface area (Å²) in [5, 5.41) is 4.04. The monoisotopic (exact) mass is 288 g/mol. The van der Waals surface area contributed by atoms with Gasteiger partial charge in [-0.15, -0.1) is 11.3 Å². The number of rotatable bonds is 3. The van der Waals surface area contributed by atoms with Gasteiger partial charge in [0.2, 0.25) is 0 Å². The van der Waals surface area contributed by atoms with E-state index in [9.17, 15) is 4.79 Å². The van der Waals surface area contributed by atoms with Crippen LogP contribution in [0.4, 0.5) is 5.69 Å². The first kappa shape index (κ1) is 13.4. The second-order valence-corrected chi connectivity index (χ2v) is 6.89. The third-order valence-electron chi connectivity index (χ3n) is 4.19. The minimum atomic E-state index is -0.0248. The molecule has 3 N–H and O–H groups in total. The molecule has 20 heavy (non-hydrogen) atoms. The molecule has 1 fully saturated rings. The molecule has 1 amide bonds. The van der Waals surface area contributed by atoms with E-state index >= 15 is 0 Å². The molecule has 1 aliphatic carbocycles. The van der Waals surface area contributed by atoms with Crippen LogP contribution >= 0.6 is 11.3 Å². The van der Waals surface area contributed by atoms with E-state index in [1.54, 1.807) is 0 Å². The molecule has 4 heteroatoms. The maximum atomic E-state index is 12.3. The number of nitrogens with two attached hydrogens (primary N) is 1. The van der Waals surface area contributed by atoms with Crippen molar-refractivity contribution >= 4 is 33.0 Å². The van der Waals surface area contributed by atoms with Gasteiger partial charge in [-0.3, -0.25) is 4.79 Å². The number of benzene rings is 1. The van der Waals surface area contributed by atoms with Gasteiger partial charge in [-0.25, -0.2) is 0 Å². The highest BCUT2D eigenvalue weighted by Crippen LogP contribution is 2.33. The molecule has 1 heterocycles. The number of hydrogen-bond donors (Lipinski definition) is 2.